The second-order valence-electron chi connectivity index (χ2n) is 4.33. The summed E-state index contributed by atoms with van der Waals surface area (Å²) in [5.41, 5.74) is 2.24. The molecule has 3 aromatic rings. The summed E-state index contributed by atoms with van der Waals surface area (Å²) >= 11 is 0. The predicted octanol–water partition coefficient (Wildman–Crippen LogP) is -0.268. The van der Waals surface area contributed by atoms with Gasteiger partial charge in [-0.15, -0.1) is 15.3 Å². The van der Waals surface area contributed by atoms with Gasteiger partial charge in [-0.25, -0.2) is 15.0 Å². The Morgan fingerprint density at radius 3 is 2.14 bits per heavy atom. The molecule has 0 radical (unpaired) electrons. The maximum atomic E-state index is 4.25. The Morgan fingerprint density at radius 1 is 0.714 bits per heavy atom. The minimum Gasteiger partial charge on any atom is -0.237 e. The van der Waals surface area contributed by atoms with Gasteiger partial charge in [0.2, 0.25) is 0 Å². The van der Waals surface area contributed by atoms with Crippen LogP contribution in [-0.2, 0) is 12.8 Å². The van der Waals surface area contributed by atoms with Gasteiger partial charge in [0.25, 0.3) is 0 Å². The van der Waals surface area contributed by atoms with E-state index in [4.69, 9.17) is 0 Å². The lowest BCUT2D eigenvalue weighted by molar-refractivity contribution is 0.766. The molecule has 0 N–H and O–H groups in total. The molecule has 3 heterocycles. The lowest BCUT2D eigenvalue weighted by Gasteiger charge is -2.00. The molecule has 0 aliphatic carbocycles. The van der Waals surface area contributed by atoms with Gasteiger partial charge in [0, 0.05) is 6.42 Å². The summed E-state index contributed by atoms with van der Waals surface area (Å²) in [6.07, 6.45) is 7.21. The highest BCUT2D eigenvalue weighted by Gasteiger charge is 2.05. The first-order valence-corrected chi connectivity index (χ1v) is 6.24. The molecule has 0 aliphatic rings. The van der Waals surface area contributed by atoms with Gasteiger partial charge in [0.05, 0.1) is 42.1 Å². The average Bonchev–Trinajstić information content (AvgIpc) is 2.53. The van der Waals surface area contributed by atoms with Crippen molar-refractivity contribution in [1.29, 1.82) is 0 Å². The number of rotatable bonds is 4. The molecule has 0 amide bonds. The third-order valence-corrected chi connectivity index (χ3v) is 2.61. The summed E-state index contributed by atoms with van der Waals surface area (Å²) in [6.45, 7) is 1.83. The van der Waals surface area contributed by atoms with Gasteiger partial charge in [0.15, 0.2) is 11.6 Å². The summed E-state index contributed by atoms with van der Waals surface area (Å²) in [7, 11) is 0. The molecule has 0 fully saturated rings. The van der Waals surface area contributed by atoms with Crippen LogP contribution in [0.2, 0.25) is 0 Å². The van der Waals surface area contributed by atoms with Gasteiger partial charge in [-0.3, -0.25) is 0 Å². The quantitative estimate of drug-likeness (QED) is 0.637. The lowest BCUT2D eigenvalue weighted by atomic mass is 10.2. The molecule has 0 spiro atoms. The van der Waals surface area contributed by atoms with Gasteiger partial charge >= 0.3 is 0 Å². The minimum absolute atomic E-state index is 0.398. The smallest absolute Gasteiger partial charge is 0.158 e. The third-order valence-electron chi connectivity index (χ3n) is 2.61. The molecule has 0 aromatic carbocycles. The van der Waals surface area contributed by atoms with E-state index in [2.05, 4.69) is 45.5 Å². The summed E-state index contributed by atoms with van der Waals surface area (Å²) in [6, 6.07) is 0. The Morgan fingerprint density at radius 2 is 1.52 bits per heavy atom. The summed E-state index contributed by atoms with van der Waals surface area (Å²) in [5.74, 6) is 1.11. The topological polar surface area (TPSA) is 116 Å². The Labute approximate surface area is 120 Å². The number of hydrogen-bond donors (Lipinski definition) is 0. The molecule has 0 aliphatic heterocycles. The van der Waals surface area contributed by atoms with Crippen LogP contribution in [0.3, 0.4) is 0 Å². The molecule has 21 heavy (non-hydrogen) atoms. The van der Waals surface area contributed by atoms with E-state index in [0.717, 1.165) is 11.4 Å². The second-order valence-corrected chi connectivity index (χ2v) is 4.33. The largest absolute Gasteiger partial charge is 0.237 e. The van der Waals surface area contributed by atoms with Crippen molar-refractivity contribution in [1.82, 2.24) is 45.5 Å². The molecule has 0 bridgehead atoms. The molecule has 0 saturated carbocycles. The molecule has 104 valence electrons. The van der Waals surface area contributed by atoms with E-state index in [1.165, 1.54) is 6.33 Å². The Bertz CT molecular complexity index is 697. The second kappa shape index (κ2) is 5.99. The van der Waals surface area contributed by atoms with Gasteiger partial charge in [0.1, 0.15) is 6.33 Å². The van der Waals surface area contributed by atoms with Gasteiger partial charge in [-0.1, -0.05) is 0 Å². The molecule has 3 aromatic heterocycles. The van der Waals surface area contributed by atoms with Crippen LogP contribution >= 0.6 is 0 Å². The highest BCUT2D eigenvalue weighted by atomic mass is 15.2. The molecule has 0 unspecified atom stereocenters. The molecule has 0 atom stereocenters. The van der Waals surface area contributed by atoms with Crippen LogP contribution in [0.15, 0.2) is 24.9 Å². The van der Waals surface area contributed by atoms with Crippen molar-refractivity contribution in [3.63, 3.8) is 0 Å². The summed E-state index contributed by atoms with van der Waals surface area (Å²) in [5, 5.41) is 23.5. The number of aryl methyl sites for hydroxylation is 1. The van der Waals surface area contributed by atoms with Crippen LogP contribution < -0.4 is 0 Å². The van der Waals surface area contributed by atoms with Gasteiger partial charge < -0.3 is 0 Å². The fourth-order valence-electron chi connectivity index (χ4n) is 1.60. The molecule has 9 heteroatoms. The Hall–Kier alpha value is -2.97. The fraction of sp³-hybridized carbons (Fsp3) is 0.250. The predicted molar refractivity (Wildman–Crippen MR) is 69.8 cm³/mol. The zero-order valence-corrected chi connectivity index (χ0v) is 11.2. The van der Waals surface area contributed by atoms with E-state index in [9.17, 15) is 0 Å². The van der Waals surface area contributed by atoms with Crippen LogP contribution in [0.5, 0.6) is 0 Å². The van der Waals surface area contributed by atoms with Crippen LogP contribution in [0, 0.1) is 6.92 Å². The zero-order valence-electron chi connectivity index (χ0n) is 11.2. The van der Waals surface area contributed by atoms with Crippen LogP contribution in [0.4, 0.5) is 0 Å². The van der Waals surface area contributed by atoms with Crippen molar-refractivity contribution in [2.45, 2.75) is 19.8 Å². The number of hydrogen-bond acceptors (Lipinski definition) is 9. The Balaban J connectivity index is 1.68. The molecule has 3 rings (SSSR count). The van der Waals surface area contributed by atoms with Crippen molar-refractivity contribution in [3.8, 4) is 0 Å². The summed E-state index contributed by atoms with van der Waals surface area (Å²) < 4.78 is 0. The van der Waals surface area contributed by atoms with Crippen LogP contribution in [0.25, 0.3) is 0 Å². The lowest BCUT2D eigenvalue weighted by Crippen LogP contribution is -2.06. The normalized spacial score (nSPS) is 10.5. The highest BCUT2D eigenvalue weighted by Crippen LogP contribution is 2.02. The highest BCUT2D eigenvalue weighted by molar-refractivity contribution is 5.08. The van der Waals surface area contributed by atoms with Crippen LogP contribution in [0.1, 0.15) is 28.7 Å². The minimum atomic E-state index is 0.398. The first kappa shape index (κ1) is 13.0. The van der Waals surface area contributed by atoms with Crippen molar-refractivity contribution in [2.75, 3.05) is 0 Å². The van der Waals surface area contributed by atoms with E-state index in [0.29, 0.717) is 30.2 Å². The van der Waals surface area contributed by atoms with Gasteiger partial charge in [-0.05, 0) is 6.92 Å². The third kappa shape index (κ3) is 3.53. The first-order valence-electron chi connectivity index (χ1n) is 6.24. The Kier molecular flexibility index (Phi) is 3.72. The molecule has 9 nitrogen and oxygen atoms in total. The maximum Gasteiger partial charge on any atom is 0.158 e. The zero-order chi connectivity index (χ0) is 14.5. The van der Waals surface area contributed by atoms with Crippen molar-refractivity contribution in [3.05, 3.63) is 53.6 Å². The van der Waals surface area contributed by atoms with Crippen molar-refractivity contribution >= 4 is 0 Å². The van der Waals surface area contributed by atoms with E-state index in [1.54, 1.807) is 18.6 Å². The van der Waals surface area contributed by atoms with E-state index >= 15 is 0 Å². The number of nitrogens with zero attached hydrogens (tertiary/aromatic N) is 9. The van der Waals surface area contributed by atoms with E-state index in [-0.39, 0.29) is 0 Å². The standard InChI is InChI=1S/C12H11N9/c1-8-4-13-11(20-18-8)3-12-14-5-10(19-21-12)2-9-6-16-17-7-15-9/h4-7H,2-3H2,1H3. The molecule has 0 saturated heterocycles. The van der Waals surface area contributed by atoms with E-state index < -0.39 is 0 Å². The summed E-state index contributed by atoms with van der Waals surface area (Å²) in [4.78, 5) is 12.5. The van der Waals surface area contributed by atoms with Crippen LogP contribution in [-0.4, -0.2) is 45.5 Å². The van der Waals surface area contributed by atoms with E-state index in [1.807, 2.05) is 6.92 Å². The molecular formula is C12H11N9. The maximum absolute atomic E-state index is 4.25. The molecular weight excluding hydrogens is 270 g/mol. The fourth-order valence-corrected chi connectivity index (χ4v) is 1.60. The SMILES string of the molecule is Cc1cnc(Cc2ncc(Cc3cnncn3)nn2)nn1. The average molecular weight is 281 g/mol. The van der Waals surface area contributed by atoms with Crippen molar-refractivity contribution in [2.24, 2.45) is 0 Å². The van der Waals surface area contributed by atoms with Gasteiger partial charge in [-0.2, -0.15) is 15.3 Å². The monoisotopic (exact) mass is 281 g/mol. The number of aromatic nitrogens is 9. The van der Waals surface area contributed by atoms with Crippen molar-refractivity contribution < 1.29 is 0 Å². The first-order chi connectivity index (χ1) is 10.3.